The molecule has 1 aromatic carbocycles. The number of aromatic amines is 1. The number of piperidine rings is 1. The highest BCUT2D eigenvalue weighted by Crippen LogP contribution is 2.37. The van der Waals surface area contributed by atoms with Gasteiger partial charge < -0.3 is 24.6 Å². The van der Waals surface area contributed by atoms with E-state index < -0.39 is 0 Å². The van der Waals surface area contributed by atoms with E-state index in [1.54, 1.807) is 7.11 Å². The van der Waals surface area contributed by atoms with E-state index in [0.717, 1.165) is 92.6 Å². The number of ether oxygens (including phenoxy) is 2. The van der Waals surface area contributed by atoms with Crippen LogP contribution in [0, 0.1) is 5.92 Å². The average molecular weight is 536 g/mol. The summed E-state index contributed by atoms with van der Waals surface area (Å²) in [5.41, 5.74) is 3.03. The molecule has 9 nitrogen and oxygen atoms in total. The Bertz CT molecular complexity index is 1360. The van der Waals surface area contributed by atoms with Crippen LogP contribution in [0.3, 0.4) is 0 Å². The second-order valence-electron chi connectivity index (χ2n) is 10.4. The van der Waals surface area contributed by atoms with Crippen molar-refractivity contribution in [1.82, 2.24) is 30.4 Å². The van der Waals surface area contributed by atoms with E-state index in [2.05, 4.69) is 44.5 Å². The highest BCUT2D eigenvalue weighted by atomic mass is 32.1. The van der Waals surface area contributed by atoms with Gasteiger partial charge in [-0.3, -0.25) is 5.10 Å². The number of hydrogen-bond donors (Lipinski definition) is 2. The Balaban J connectivity index is 1.39. The number of hydrogen-bond acceptors (Lipinski definition) is 9. The number of aromatic nitrogens is 4. The predicted octanol–water partition coefficient (Wildman–Crippen LogP) is 3.56. The lowest BCUT2D eigenvalue weighted by Gasteiger charge is -2.37. The summed E-state index contributed by atoms with van der Waals surface area (Å²) in [6.07, 6.45) is 5.31. The van der Waals surface area contributed by atoms with Gasteiger partial charge in [0.05, 0.1) is 41.8 Å². The second-order valence-corrected chi connectivity index (χ2v) is 11.5. The molecule has 2 N–H and O–H groups in total. The van der Waals surface area contributed by atoms with Gasteiger partial charge in [0, 0.05) is 48.6 Å². The Morgan fingerprint density at radius 1 is 1.21 bits per heavy atom. The third-order valence-corrected chi connectivity index (χ3v) is 9.14. The Hall–Kier alpha value is -2.63. The fourth-order valence-corrected chi connectivity index (χ4v) is 7.02. The molecule has 6 rings (SSSR count). The van der Waals surface area contributed by atoms with E-state index in [0.29, 0.717) is 12.0 Å². The van der Waals surface area contributed by atoms with Gasteiger partial charge >= 0.3 is 0 Å². The van der Waals surface area contributed by atoms with Gasteiger partial charge in [-0.2, -0.15) is 5.10 Å². The van der Waals surface area contributed by atoms with Gasteiger partial charge in [-0.1, -0.05) is 12.1 Å². The number of nitrogens with one attached hydrogen (secondary N) is 2. The van der Waals surface area contributed by atoms with Crippen LogP contribution in [-0.4, -0.2) is 97.8 Å². The summed E-state index contributed by atoms with van der Waals surface area (Å²) in [6, 6.07) is 8.95. The van der Waals surface area contributed by atoms with Gasteiger partial charge in [-0.15, -0.1) is 11.3 Å². The summed E-state index contributed by atoms with van der Waals surface area (Å²) in [5.74, 6) is 2.45. The molecule has 4 aromatic rings. The molecule has 10 heteroatoms. The lowest BCUT2D eigenvalue weighted by atomic mass is 9.87. The molecule has 2 aliphatic heterocycles. The molecule has 5 heterocycles. The predicted molar refractivity (Wildman–Crippen MR) is 153 cm³/mol. The lowest BCUT2D eigenvalue weighted by Crippen LogP contribution is -2.45. The molecule has 3 aromatic heterocycles. The first-order valence-electron chi connectivity index (χ1n) is 13.7. The van der Waals surface area contributed by atoms with Crippen molar-refractivity contribution < 1.29 is 9.47 Å². The van der Waals surface area contributed by atoms with E-state index in [4.69, 9.17) is 19.4 Å². The summed E-state index contributed by atoms with van der Waals surface area (Å²) in [7, 11) is 4.04. The summed E-state index contributed by atoms with van der Waals surface area (Å²) >= 11 is 1.86. The SMILES string of the molecule is COCCN(C)C(Cc1cc2nc(-c3cccc4[nH]ncc34)nc(N3CCOCC3)c2s1)C1CCNCC1. The maximum atomic E-state index is 5.66. The molecule has 0 aliphatic carbocycles. The number of H-pyrrole nitrogens is 1. The number of benzene rings is 1. The van der Waals surface area contributed by atoms with Crippen LogP contribution in [0.2, 0.25) is 0 Å². The number of rotatable bonds is 9. The first-order chi connectivity index (χ1) is 18.7. The van der Waals surface area contributed by atoms with Gasteiger partial charge in [-0.05, 0) is 57.5 Å². The number of likely N-dealkylation sites (N-methyl/N-ethyl adjacent to an activating group) is 1. The maximum Gasteiger partial charge on any atom is 0.162 e. The quantitative estimate of drug-likeness (QED) is 0.336. The standard InChI is InChI=1S/C28H37N7O2S/c1-34(10-13-36-2)25(19-6-8-29-9-7-19)17-20-16-24-26(38-20)28(35-11-14-37-15-12-35)32-27(31-24)21-4-3-5-23-22(21)18-30-33-23/h3-5,16,18-19,25,29H,6-15,17H2,1-2H3,(H,30,33). The minimum Gasteiger partial charge on any atom is -0.383 e. The van der Waals surface area contributed by atoms with Gasteiger partial charge in [0.25, 0.3) is 0 Å². The van der Waals surface area contributed by atoms with E-state index in [1.165, 1.54) is 22.4 Å². The van der Waals surface area contributed by atoms with Crippen LogP contribution in [0.1, 0.15) is 17.7 Å². The fourth-order valence-electron chi connectivity index (χ4n) is 5.86. The molecule has 202 valence electrons. The fraction of sp³-hybridized carbons (Fsp3) is 0.536. The molecule has 0 bridgehead atoms. The van der Waals surface area contributed by atoms with Gasteiger partial charge in [0.2, 0.25) is 0 Å². The number of fused-ring (bicyclic) bond motifs is 2. The largest absolute Gasteiger partial charge is 0.383 e. The second kappa shape index (κ2) is 11.6. The molecular formula is C28H37N7O2S. The number of methoxy groups -OCH3 is 1. The van der Waals surface area contributed by atoms with Crippen LogP contribution in [0.5, 0.6) is 0 Å². The van der Waals surface area contributed by atoms with Gasteiger partial charge in [0.1, 0.15) is 0 Å². The van der Waals surface area contributed by atoms with Crippen LogP contribution in [-0.2, 0) is 15.9 Å². The van der Waals surface area contributed by atoms with E-state index in [-0.39, 0.29) is 0 Å². The number of anilines is 1. The van der Waals surface area contributed by atoms with Gasteiger partial charge in [-0.25, -0.2) is 9.97 Å². The molecule has 2 aliphatic rings. The molecule has 0 radical (unpaired) electrons. The zero-order valence-electron chi connectivity index (χ0n) is 22.3. The van der Waals surface area contributed by atoms with Crippen molar-refractivity contribution in [1.29, 1.82) is 0 Å². The number of thiophene rings is 1. The van der Waals surface area contributed by atoms with E-state index in [1.807, 2.05) is 29.7 Å². The summed E-state index contributed by atoms with van der Waals surface area (Å²) in [6.45, 7) is 7.01. The van der Waals surface area contributed by atoms with Crippen LogP contribution < -0.4 is 10.2 Å². The van der Waals surface area contributed by atoms with Crippen molar-refractivity contribution >= 4 is 38.3 Å². The minimum atomic E-state index is 0.472. The molecule has 38 heavy (non-hydrogen) atoms. The molecule has 0 amide bonds. The maximum absolute atomic E-state index is 5.66. The summed E-state index contributed by atoms with van der Waals surface area (Å²) < 4.78 is 12.3. The molecule has 1 atom stereocenters. The molecule has 2 fully saturated rings. The summed E-state index contributed by atoms with van der Waals surface area (Å²) in [5, 5.41) is 11.9. The molecule has 0 spiro atoms. The van der Waals surface area contributed by atoms with Crippen molar-refractivity contribution in [3.05, 3.63) is 35.3 Å². The van der Waals surface area contributed by atoms with Crippen LogP contribution in [0.15, 0.2) is 30.5 Å². The minimum absolute atomic E-state index is 0.472. The van der Waals surface area contributed by atoms with Crippen molar-refractivity contribution in [2.45, 2.75) is 25.3 Å². The Morgan fingerprint density at radius 2 is 2.05 bits per heavy atom. The topological polar surface area (TPSA) is 91.4 Å². The zero-order chi connectivity index (χ0) is 25.9. The highest BCUT2D eigenvalue weighted by molar-refractivity contribution is 7.19. The third kappa shape index (κ3) is 5.28. The van der Waals surface area contributed by atoms with E-state index >= 15 is 0 Å². The van der Waals surface area contributed by atoms with Crippen molar-refractivity contribution in [3.63, 3.8) is 0 Å². The van der Waals surface area contributed by atoms with Crippen molar-refractivity contribution in [3.8, 4) is 11.4 Å². The first-order valence-corrected chi connectivity index (χ1v) is 14.5. The van der Waals surface area contributed by atoms with Crippen molar-refractivity contribution in [2.75, 3.05) is 71.6 Å². The Labute approximate surface area is 227 Å². The summed E-state index contributed by atoms with van der Waals surface area (Å²) in [4.78, 5) is 16.5. The van der Waals surface area contributed by atoms with Crippen LogP contribution in [0.4, 0.5) is 5.82 Å². The normalized spacial score (nSPS) is 18.1. The first kappa shape index (κ1) is 25.6. The Morgan fingerprint density at radius 3 is 2.87 bits per heavy atom. The molecule has 1 unspecified atom stereocenters. The lowest BCUT2D eigenvalue weighted by molar-refractivity contribution is 0.103. The zero-order valence-corrected chi connectivity index (χ0v) is 23.1. The molecule has 0 saturated carbocycles. The Kier molecular flexibility index (Phi) is 7.85. The third-order valence-electron chi connectivity index (χ3n) is 7.99. The van der Waals surface area contributed by atoms with Crippen LogP contribution >= 0.6 is 11.3 Å². The molecular weight excluding hydrogens is 498 g/mol. The van der Waals surface area contributed by atoms with Crippen LogP contribution in [0.25, 0.3) is 32.5 Å². The monoisotopic (exact) mass is 535 g/mol. The molecule has 2 saturated heterocycles. The number of nitrogens with zero attached hydrogens (tertiary/aromatic N) is 5. The average Bonchev–Trinajstić information content (AvgIpc) is 3.62. The van der Waals surface area contributed by atoms with E-state index in [9.17, 15) is 0 Å². The van der Waals surface area contributed by atoms with Crippen molar-refractivity contribution in [2.24, 2.45) is 5.92 Å². The van der Waals surface area contributed by atoms with Gasteiger partial charge in [0.15, 0.2) is 11.6 Å². The highest BCUT2D eigenvalue weighted by Gasteiger charge is 2.28. The smallest absolute Gasteiger partial charge is 0.162 e. The number of morpholine rings is 1.